The van der Waals surface area contributed by atoms with Crippen LogP contribution >= 0.6 is 11.6 Å². The quantitative estimate of drug-likeness (QED) is 0.385. The van der Waals surface area contributed by atoms with E-state index < -0.39 is 11.6 Å². The summed E-state index contributed by atoms with van der Waals surface area (Å²) in [5.74, 6) is -1.17. The minimum absolute atomic E-state index is 0.0429. The number of anilines is 5. The molecular formula is C24H23ClF2N6O2. The molecule has 1 aliphatic rings. The molecule has 0 bridgehead atoms. The molecule has 0 spiro atoms. The molecule has 8 nitrogen and oxygen atoms in total. The summed E-state index contributed by atoms with van der Waals surface area (Å²) in [6.45, 7) is 5.67. The van der Waals surface area contributed by atoms with Gasteiger partial charge in [-0.05, 0) is 23.8 Å². The van der Waals surface area contributed by atoms with Crippen molar-refractivity contribution in [1.82, 2.24) is 9.97 Å². The van der Waals surface area contributed by atoms with Crippen molar-refractivity contribution in [2.24, 2.45) is 0 Å². The van der Waals surface area contributed by atoms with Crippen LogP contribution in [-0.2, 0) is 16.1 Å². The Kier molecular flexibility index (Phi) is 7.74. The number of halogens is 3. The fraction of sp³-hybridized carbons (Fsp3) is 0.208. The second-order valence-corrected chi connectivity index (χ2v) is 8.05. The van der Waals surface area contributed by atoms with Crippen LogP contribution in [0, 0.1) is 11.6 Å². The zero-order valence-electron chi connectivity index (χ0n) is 18.7. The van der Waals surface area contributed by atoms with Gasteiger partial charge in [-0.25, -0.2) is 13.8 Å². The van der Waals surface area contributed by atoms with Gasteiger partial charge < -0.3 is 25.6 Å². The number of amides is 1. The van der Waals surface area contributed by atoms with Gasteiger partial charge in [-0.2, -0.15) is 4.98 Å². The Balaban J connectivity index is 1.46. The van der Waals surface area contributed by atoms with Gasteiger partial charge in [-0.1, -0.05) is 30.3 Å². The Morgan fingerprint density at radius 1 is 1.20 bits per heavy atom. The molecule has 3 N–H and O–H groups in total. The fourth-order valence-electron chi connectivity index (χ4n) is 3.49. The maximum atomic E-state index is 14.8. The van der Waals surface area contributed by atoms with Gasteiger partial charge in [0.2, 0.25) is 11.9 Å². The Labute approximate surface area is 206 Å². The number of ether oxygens (including phenoxy) is 1. The van der Waals surface area contributed by atoms with Crippen LogP contribution in [0.2, 0.25) is 5.02 Å². The van der Waals surface area contributed by atoms with Gasteiger partial charge in [-0.3, -0.25) is 4.79 Å². The fourth-order valence-corrected chi connectivity index (χ4v) is 3.65. The molecule has 2 heterocycles. The van der Waals surface area contributed by atoms with Crippen molar-refractivity contribution in [2.75, 3.05) is 47.2 Å². The number of benzene rings is 2. The highest BCUT2D eigenvalue weighted by Gasteiger charge is 2.19. The average Bonchev–Trinajstić information content (AvgIpc) is 2.87. The zero-order valence-corrected chi connectivity index (χ0v) is 19.4. The van der Waals surface area contributed by atoms with Gasteiger partial charge >= 0.3 is 0 Å². The SMILES string of the molecule is C=CC(=O)Nc1cccc(CNc2nc(Nc3cc(F)c(N4CCOCC4)cc3F)ncc2Cl)c1. The number of aromatic nitrogens is 2. The molecule has 182 valence electrons. The maximum absolute atomic E-state index is 14.8. The molecule has 0 unspecified atom stereocenters. The topological polar surface area (TPSA) is 91.4 Å². The van der Waals surface area contributed by atoms with Crippen molar-refractivity contribution >= 4 is 46.3 Å². The second kappa shape index (κ2) is 11.1. The molecular weight excluding hydrogens is 478 g/mol. The first-order valence-electron chi connectivity index (χ1n) is 10.8. The highest BCUT2D eigenvalue weighted by atomic mass is 35.5. The summed E-state index contributed by atoms with van der Waals surface area (Å²) in [7, 11) is 0. The van der Waals surface area contributed by atoms with Gasteiger partial charge in [0.15, 0.2) is 5.82 Å². The number of nitrogens with zero attached hydrogens (tertiary/aromatic N) is 3. The van der Waals surface area contributed by atoms with Gasteiger partial charge in [0.25, 0.3) is 0 Å². The average molecular weight is 501 g/mol. The monoisotopic (exact) mass is 500 g/mol. The lowest BCUT2D eigenvalue weighted by Gasteiger charge is -2.29. The van der Waals surface area contributed by atoms with Crippen molar-refractivity contribution < 1.29 is 18.3 Å². The predicted molar refractivity (Wildman–Crippen MR) is 132 cm³/mol. The van der Waals surface area contributed by atoms with E-state index >= 15 is 0 Å². The van der Waals surface area contributed by atoms with Crippen LogP contribution in [-0.4, -0.2) is 42.2 Å². The number of hydrogen-bond acceptors (Lipinski definition) is 7. The smallest absolute Gasteiger partial charge is 0.247 e. The molecule has 3 aromatic rings. The summed E-state index contributed by atoms with van der Waals surface area (Å²) in [4.78, 5) is 21.6. The van der Waals surface area contributed by atoms with Crippen LogP contribution < -0.4 is 20.9 Å². The summed E-state index contributed by atoms with van der Waals surface area (Å²) in [5.41, 5.74) is 1.55. The van der Waals surface area contributed by atoms with E-state index in [4.69, 9.17) is 16.3 Å². The molecule has 35 heavy (non-hydrogen) atoms. The van der Waals surface area contributed by atoms with Crippen molar-refractivity contribution in [1.29, 1.82) is 0 Å². The van der Waals surface area contributed by atoms with E-state index in [2.05, 4.69) is 32.5 Å². The Morgan fingerprint density at radius 2 is 2.00 bits per heavy atom. The number of morpholine rings is 1. The Bertz CT molecular complexity index is 1240. The van der Waals surface area contributed by atoms with E-state index in [1.54, 1.807) is 23.1 Å². The summed E-state index contributed by atoms with van der Waals surface area (Å²) in [6.07, 6.45) is 2.54. The molecule has 4 rings (SSSR count). The van der Waals surface area contributed by atoms with Crippen molar-refractivity contribution in [2.45, 2.75) is 6.54 Å². The molecule has 1 fully saturated rings. The van der Waals surface area contributed by atoms with Gasteiger partial charge in [0, 0.05) is 37.5 Å². The van der Waals surface area contributed by atoms with Crippen LogP contribution in [0.25, 0.3) is 0 Å². The standard InChI is InChI=1S/C24H23ClF2N6O2/c1-2-22(34)30-16-5-3-4-15(10-16)13-28-23-17(25)14-29-24(32-23)31-20-11-19(27)21(12-18(20)26)33-6-8-35-9-7-33/h2-5,10-12,14H,1,6-9,13H2,(H,30,34)(H2,28,29,31,32). The highest BCUT2D eigenvalue weighted by molar-refractivity contribution is 6.32. The predicted octanol–water partition coefficient (Wildman–Crippen LogP) is 4.73. The van der Waals surface area contributed by atoms with Crippen LogP contribution in [0.1, 0.15) is 5.56 Å². The zero-order chi connectivity index (χ0) is 24.8. The first-order valence-corrected chi connectivity index (χ1v) is 11.2. The van der Waals surface area contributed by atoms with Gasteiger partial charge in [-0.15, -0.1) is 0 Å². The molecule has 1 aliphatic heterocycles. The lowest BCUT2D eigenvalue weighted by atomic mass is 10.2. The van der Waals surface area contributed by atoms with Crippen molar-refractivity contribution in [3.8, 4) is 0 Å². The molecule has 1 aromatic heterocycles. The largest absolute Gasteiger partial charge is 0.378 e. The van der Waals surface area contributed by atoms with Crippen molar-refractivity contribution in [3.63, 3.8) is 0 Å². The van der Waals surface area contributed by atoms with E-state index in [0.717, 1.165) is 17.7 Å². The number of nitrogens with one attached hydrogen (secondary N) is 3. The third-order valence-corrected chi connectivity index (χ3v) is 5.50. The van der Waals surface area contributed by atoms with Crippen LogP contribution in [0.15, 0.2) is 55.3 Å². The van der Waals surface area contributed by atoms with Gasteiger partial charge in [0.1, 0.15) is 16.7 Å². The molecule has 0 atom stereocenters. The minimum Gasteiger partial charge on any atom is -0.378 e. The van der Waals surface area contributed by atoms with E-state index in [1.165, 1.54) is 12.3 Å². The van der Waals surface area contributed by atoms with Crippen LogP contribution in [0.5, 0.6) is 0 Å². The molecule has 11 heteroatoms. The normalized spacial score (nSPS) is 13.3. The van der Waals surface area contributed by atoms with E-state index in [1.807, 2.05) is 6.07 Å². The molecule has 0 saturated carbocycles. The summed E-state index contributed by atoms with van der Waals surface area (Å²) in [5, 5.41) is 8.74. The molecule has 0 radical (unpaired) electrons. The second-order valence-electron chi connectivity index (χ2n) is 7.65. The Hall–Kier alpha value is -3.76. The number of carbonyl (C=O) groups is 1. The van der Waals surface area contributed by atoms with E-state index in [0.29, 0.717) is 44.4 Å². The number of rotatable bonds is 8. The third-order valence-electron chi connectivity index (χ3n) is 5.22. The first-order chi connectivity index (χ1) is 16.9. The number of carbonyl (C=O) groups excluding carboxylic acids is 1. The van der Waals surface area contributed by atoms with E-state index in [9.17, 15) is 13.6 Å². The molecule has 0 aliphatic carbocycles. The van der Waals surface area contributed by atoms with Gasteiger partial charge in [0.05, 0.1) is 30.8 Å². The summed E-state index contributed by atoms with van der Waals surface area (Å²) < 4.78 is 34.7. The lowest BCUT2D eigenvalue weighted by molar-refractivity contribution is -0.111. The van der Waals surface area contributed by atoms with E-state index in [-0.39, 0.29) is 28.3 Å². The molecule has 2 aromatic carbocycles. The Morgan fingerprint density at radius 3 is 2.77 bits per heavy atom. The molecule has 1 saturated heterocycles. The number of hydrogen-bond donors (Lipinski definition) is 3. The highest BCUT2D eigenvalue weighted by Crippen LogP contribution is 2.29. The van der Waals surface area contributed by atoms with Crippen LogP contribution in [0.3, 0.4) is 0 Å². The van der Waals surface area contributed by atoms with Crippen LogP contribution in [0.4, 0.5) is 37.6 Å². The maximum Gasteiger partial charge on any atom is 0.247 e. The summed E-state index contributed by atoms with van der Waals surface area (Å²) >= 11 is 6.21. The first kappa shape index (κ1) is 24.4. The minimum atomic E-state index is -0.640. The molecule has 1 amide bonds. The summed E-state index contributed by atoms with van der Waals surface area (Å²) in [6, 6.07) is 9.42. The third kappa shape index (κ3) is 6.23. The van der Waals surface area contributed by atoms with Crippen molar-refractivity contribution in [3.05, 3.63) is 77.5 Å². The lowest BCUT2D eigenvalue weighted by Crippen LogP contribution is -2.36.